The number of rotatable bonds is 2. The van der Waals surface area contributed by atoms with Gasteiger partial charge in [0.2, 0.25) is 0 Å². The van der Waals surface area contributed by atoms with Crippen LogP contribution in [0.5, 0.6) is 0 Å². The topological polar surface area (TPSA) is 33.2 Å². The first kappa shape index (κ1) is 12.9. The first-order valence-electron chi connectivity index (χ1n) is 6.93. The van der Waals surface area contributed by atoms with Crippen LogP contribution in [0.15, 0.2) is 36.7 Å². The van der Waals surface area contributed by atoms with Crippen molar-refractivity contribution in [2.45, 2.75) is 33.4 Å². The van der Waals surface area contributed by atoms with Crippen molar-refractivity contribution in [2.24, 2.45) is 0 Å². The Morgan fingerprint density at radius 3 is 2.70 bits per heavy atom. The summed E-state index contributed by atoms with van der Waals surface area (Å²) >= 11 is 0. The number of pyridine rings is 1. The Labute approximate surface area is 119 Å². The van der Waals surface area contributed by atoms with Gasteiger partial charge in [0.1, 0.15) is 0 Å². The summed E-state index contributed by atoms with van der Waals surface area (Å²) in [5.41, 5.74) is 5.28. The lowest BCUT2D eigenvalue weighted by atomic mass is 9.97. The fourth-order valence-electron chi connectivity index (χ4n) is 2.81. The quantitative estimate of drug-likeness (QED) is 0.834. The van der Waals surface area contributed by atoms with E-state index in [2.05, 4.69) is 31.0 Å². The number of carbonyl (C=O) groups excluding carboxylic acids is 1. The summed E-state index contributed by atoms with van der Waals surface area (Å²) in [5.74, 6) is 0.158. The van der Waals surface area contributed by atoms with Gasteiger partial charge in [0, 0.05) is 36.1 Å². The van der Waals surface area contributed by atoms with E-state index >= 15 is 0 Å². The zero-order valence-electron chi connectivity index (χ0n) is 12.1. The van der Waals surface area contributed by atoms with Gasteiger partial charge in [0.25, 0.3) is 5.91 Å². The maximum absolute atomic E-state index is 12.4. The van der Waals surface area contributed by atoms with Gasteiger partial charge in [0.05, 0.1) is 0 Å². The van der Waals surface area contributed by atoms with E-state index in [1.165, 1.54) is 0 Å². The molecule has 0 radical (unpaired) electrons. The molecule has 0 saturated carbocycles. The Kier molecular flexibility index (Phi) is 3.05. The molecular formula is C17H18N2O. The van der Waals surface area contributed by atoms with Crippen molar-refractivity contribution in [1.82, 2.24) is 9.88 Å². The first-order valence-corrected chi connectivity index (χ1v) is 6.93. The number of hydrogen-bond donors (Lipinski definition) is 0. The van der Waals surface area contributed by atoms with Gasteiger partial charge in [-0.25, -0.2) is 0 Å². The zero-order valence-corrected chi connectivity index (χ0v) is 12.1. The fraction of sp³-hybridized carbons (Fsp3) is 0.294. The van der Waals surface area contributed by atoms with Crippen molar-refractivity contribution >= 4 is 5.91 Å². The molecule has 0 unspecified atom stereocenters. The van der Waals surface area contributed by atoms with Gasteiger partial charge in [-0.05, 0) is 49.6 Å². The lowest BCUT2D eigenvalue weighted by Gasteiger charge is -2.19. The summed E-state index contributed by atoms with van der Waals surface area (Å²) in [6, 6.07) is 8.42. The van der Waals surface area contributed by atoms with Crippen molar-refractivity contribution in [3.63, 3.8) is 0 Å². The Bertz CT molecular complexity index is 662. The Hall–Kier alpha value is -2.16. The van der Waals surface area contributed by atoms with Crippen LogP contribution in [-0.2, 0) is 6.54 Å². The summed E-state index contributed by atoms with van der Waals surface area (Å²) in [7, 11) is 0. The summed E-state index contributed by atoms with van der Waals surface area (Å²) < 4.78 is 0. The maximum atomic E-state index is 12.4. The maximum Gasteiger partial charge on any atom is 0.255 e. The molecule has 1 aliphatic rings. The third kappa shape index (κ3) is 1.99. The Morgan fingerprint density at radius 2 is 2.05 bits per heavy atom. The van der Waals surface area contributed by atoms with E-state index in [1.54, 1.807) is 6.20 Å². The van der Waals surface area contributed by atoms with Crippen LogP contribution in [0, 0.1) is 6.92 Å². The highest BCUT2D eigenvalue weighted by molar-refractivity contribution is 6.00. The first-order chi connectivity index (χ1) is 9.58. The van der Waals surface area contributed by atoms with E-state index < -0.39 is 0 Å². The molecule has 0 atom stereocenters. The minimum absolute atomic E-state index is 0.158. The van der Waals surface area contributed by atoms with Gasteiger partial charge in [-0.15, -0.1) is 0 Å². The van der Waals surface area contributed by atoms with Gasteiger partial charge in [-0.1, -0.05) is 12.1 Å². The molecule has 1 aromatic heterocycles. The van der Waals surface area contributed by atoms with Gasteiger partial charge in [-0.2, -0.15) is 0 Å². The number of fused-ring (bicyclic) bond motifs is 1. The normalized spacial score (nSPS) is 14.0. The number of nitrogens with zero attached hydrogens (tertiary/aromatic N) is 2. The van der Waals surface area contributed by atoms with Crippen LogP contribution in [0.25, 0.3) is 11.1 Å². The van der Waals surface area contributed by atoms with E-state index in [9.17, 15) is 4.79 Å². The molecule has 1 aromatic carbocycles. The highest BCUT2D eigenvalue weighted by atomic mass is 16.2. The van der Waals surface area contributed by atoms with E-state index in [1.807, 2.05) is 30.2 Å². The van der Waals surface area contributed by atoms with Crippen LogP contribution in [0.4, 0.5) is 0 Å². The molecule has 0 N–H and O–H groups in total. The number of amides is 1. The molecule has 0 spiro atoms. The van der Waals surface area contributed by atoms with Crippen molar-refractivity contribution < 1.29 is 4.79 Å². The number of hydrogen-bond acceptors (Lipinski definition) is 2. The highest BCUT2D eigenvalue weighted by Gasteiger charge is 2.30. The van der Waals surface area contributed by atoms with Crippen LogP contribution >= 0.6 is 0 Å². The standard InChI is InChI=1S/C17H18N2O/c1-11(2)19-10-15-8-14(13-5-4-6-18-9-13)7-12(3)16(15)17(19)20/h4-9,11H,10H2,1-3H3. The zero-order chi connectivity index (χ0) is 14.3. The SMILES string of the molecule is Cc1cc(-c2cccnc2)cc2c1C(=O)N(C(C)C)C2. The predicted octanol–water partition coefficient (Wildman–Crippen LogP) is 3.42. The second kappa shape index (κ2) is 4.75. The molecule has 0 fully saturated rings. The van der Waals surface area contributed by atoms with Crippen molar-refractivity contribution in [1.29, 1.82) is 0 Å². The molecule has 1 aliphatic heterocycles. The summed E-state index contributed by atoms with van der Waals surface area (Å²) in [6.45, 7) is 6.84. The van der Waals surface area contributed by atoms with Gasteiger partial charge < -0.3 is 4.90 Å². The molecule has 20 heavy (non-hydrogen) atoms. The monoisotopic (exact) mass is 266 g/mol. The van der Waals surface area contributed by atoms with Gasteiger partial charge in [-0.3, -0.25) is 9.78 Å². The number of carbonyl (C=O) groups is 1. The molecule has 0 aliphatic carbocycles. The van der Waals surface area contributed by atoms with Crippen LogP contribution in [0.3, 0.4) is 0 Å². The second-order valence-electron chi connectivity index (χ2n) is 5.60. The molecule has 3 rings (SSSR count). The van der Waals surface area contributed by atoms with Crippen LogP contribution in [0.2, 0.25) is 0 Å². The van der Waals surface area contributed by atoms with E-state index in [4.69, 9.17) is 0 Å². The lowest BCUT2D eigenvalue weighted by molar-refractivity contribution is 0.0730. The average molecular weight is 266 g/mol. The van der Waals surface area contributed by atoms with E-state index in [0.717, 1.165) is 27.8 Å². The number of benzene rings is 1. The summed E-state index contributed by atoms with van der Waals surface area (Å²) in [5, 5.41) is 0. The Morgan fingerprint density at radius 1 is 1.25 bits per heavy atom. The highest BCUT2D eigenvalue weighted by Crippen LogP contribution is 2.32. The van der Waals surface area contributed by atoms with Crippen molar-refractivity contribution in [3.8, 4) is 11.1 Å². The van der Waals surface area contributed by atoms with Gasteiger partial charge >= 0.3 is 0 Å². The summed E-state index contributed by atoms with van der Waals surface area (Å²) in [4.78, 5) is 18.5. The van der Waals surface area contributed by atoms with Crippen LogP contribution in [0.1, 0.15) is 35.3 Å². The van der Waals surface area contributed by atoms with Gasteiger partial charge in [0.15, 0.2) is 0 Å². The average Bonchev–Trinajstić information content (AvgIpc) is 2.77. The molecule has 102 valence electrons. The van der Waals surface area contributed by atoms with Crippen molar-refractivity contribution in [3.05, 3.63) is 53.3 Å². The molecular weight excluding hydrogens is 248 g/mol. The second-order valence-corrected chi connectivity index (χ2v) is 5.60. The van der Waals surface area contributed by atoms with Crippen molar-refractivity contribution in [2.75, 3.05) is 0 Å². The largest absolute Gasteiger partial charge is 0.332 e. The molecule has 0 saturated heterocycles. The molecule has 1 amide bonds. The number of aryl methyl sites for hydroxylation is 1. The lowest BCUT2D eigenvalue weighted by Crippen LogP contribution is -2.30. The molecule has 2 heterocycles. The van der Waals surface area contributed by atoms with Crippen LogP contribution in [-0.4, -0.2) is 21.8 Å². The smallest absolute Gasteiger partial charge is 0.255 e. The van der Waals surface area contributed by atoms with E-state index in [-0.39, 0.29) is 11.9 Å². The molecule has 3 heteroatoms. The molecule has 2 aromatic rings. The van der Waals surface area contributed by atoms with E-state index in [0.29, 0.717) is 6.54 Å². The Balaban J connectivity index is 2.08. The third-order valence-corrected chi connectivity index (χ3v) is 3.85. The predicted molar refractivity (Wildman–Crippen MR) is 79.4 cm³/mol. The molecule has 0 bridgehead atoms. The van der Waals surface area contributed by atoms with Crippen LogP contribution < -0.4 is 0 Å². The fourth-order valence-corrected chi connectivity index (χ4v) is 2.81. The summed E-state index contributed by atoms with van der Waals surface area (Å²) in [6.07, 6.45) is 3.63. The molecule has 3 nitrogen and oxygen atoms in total. The third-order valence-electron chi connectivity index (χ3n) is 3.85. The minimum Gasteiger partial charge on any atom is -0.332 e. The number of aromatic nitrogens is 1. The minimum atomic E-state index is 0.158.